The number of rotatable bonds is 2. The third kappa shape index (κ3) is 2.21. The first-order valence-corrected chi connectivity index (χ1v) is 6.40. The fourth-order valence-corrected chi connectivity index (χ4v) is 2.09. The molecule has 4 nitrogen and oxygen atoms in total. The Morgan fingerprint density at radius 3 is 2.57 bits per heavy atom. The summed E-state index contributed by atoms with van der Waals surface area (Å²) in [4.78, 5) is 24.3. The molecule has 104 valence electrons. The number of ether oxygens (including phenoxy) is 1. The van der Waals surface area contributed by atoms with Gasteiger partial charge in [0, 0.05) is 5.57 Å². The number of hydrogen-bond donors (Lipinski definition) is 0. The van der Waals surface area contributed by atoms with Gasteiger partial charge in [0.15, 0.2) is 0 Å². The van der Waals surface area contributed by atoms with Crippen molar-refractivity contribution >= 4 is 27.9 Å². The average molecular weight is 280 g/mol. The number of esters is 1. The molecule has 0 fully saturated rings. The van der Waals surface area contributed by atoms with Gasteiger partial charge in [0.05, 0.1) is 5.39 Å². The van der Waals surface area contributed by atoms with Gasteiger partial charge in [-0.25, -0.2) is 4.79 Å². The first-order chi connectivity index (χ1) is 10.1. The van der Waals surface area contributed by atoms with Crippen LogP contribution >= 0.6 is 0 Å². The topological polar surface area (TPSA) is 56.5 Å². The SMILES string of the molecule is C=C(C)C(=O)Oc1cccc2oc3ccccc3c(=O)c12. The van der Waals surface area contributed by atoms with Crippen LogP contribution in [0.15, 0.2) is 63.8 Å². The molecule has 3 rings (SSSR count). The van der Waals surface area contributed by atoms with E-state index in [0.717, 1.165) is 0 Å². The van der Waals surface area contributed by atoms with Crippen LogP contribution in [0.4, 0.5) is 0 Å². The van der Waals surface area contributed by atoms with Crippen molar-refractivity contribution in [2.45, 2.75) is 6.92 Å². The molecule has 0 radical (unpaired) electrons. The van der Waals surface area contributed by atoms with Gasteiger partial charge in [-0.2, -0.15) is 0 Å². The summed E-state index contributed by atoms with van der Waals surface area (Å²) in [5, 5.41) is 0.703. The number of para-hydroxylation sites is 1. The van der Waals surface area contributed by atoms with Crippen LogP contribution in [0.3, 0.4) is 0 Å². The lowest BCUT2D eigenvalue weighted by atomic mass is 10.1. The van der Waals surface area contributed by atoms with Crippen LogP contribution < -0.4 is 10.2 Å². The maximum absolute atomic E-state index is 12.6. The summed E-state index contributed by atoms with van der Waals surface area (Å²) in [6.07, 6.45) is 0. The van der Waals surface area contributed by atoms with Crippen LogP contribution in [0.1, 0.15) is 6.92 Å². The van der Waals surface area contributed by atoms with Gasteiger partial charge in [0.1, 0.15) is 22.3 Å². The average Bonchev–Trinajstić information content (AvgIpc) is 2.47. The van der Waals surface area contributed by atoms with Crippen LogP contribution in [0, 0.1) is 0 Å². The highest BCUT2D eigenvalue weighted by Crippen LogP contribution is 2.26. The zero-order chi connectivity index (χ0) is 15.0. The summed E-state index contributed by atoms with van der Waals surface area (Å²) >= 11 is 0. The van der Waals surface area contributed by atoms with Gasteiger partial charge in [-0.3, -0.25) is 4.79 Å². The lowest BCUT2D eigenvalue weighted by Crippen LogP contribution is -2.11. The molecule has 1 heterocycles. The highest BCUT2D eigenvalue weighted by molar-refractivity contribution is 5.96. The van der Waals surface area contributed by atoms with Crippen LogP contribution in [0.5, 0.6) is 5.75 Å². The first kappa shape index (κ1) is 13.1. The molecule has 0 N–H and O–H groups in total. The molecule has 21 heavy (non-hydrogen) atoms. The van der Waals surface area contributed by atoms with E-state index >= 15 is 0 Å². The maximum atomic E-state index is 12.6. The largest absolute Gasteiger partial charge is 0.456 e. The molecule has 0 atom stereocenters. The van der Waals surface area contributed by atoms with Crippen molar-refractivity contribution < 1.29 is 13.9 Å². The van der Waals surface area contributed by atoms with Gasteiger partial charge in [-0.1, -0.05) is 24.8 Å². The fourth-order valence-electron chi connectivity index (χ4n) is 2.09. The minimum absolute atomic E-state index is 0.181. The van der Waals surface area contributed by atoms with E-state index in [0.29, 0.717) is 16.6 Å². The van der Waals surface area contributed by atoms with Crippen molar-refractivity contribution in [2.24, 2.45) is 0 Å². The quantitative estimate of drug-likeness (QED) is 0.312. The monoisotopic (exact) mass is 280 g/mol. The normalized spacial score (nSPS) is 10.7. The molecule has 0 saturated carbocycles. The number of carbonyl (C=O) groups excluding carboxylic acids is 1. The molecule has 1 aromatic heterocycles. The second-order valence-electron chi connectivity index (χ2n) is 4.73. The molecule has 0 bridgehead atoms. The van der Waals surface area contributed by atoms with Crippen LogP contribution in [0.2, 0.25) is 0 Å². The zero-order valence-corrected chi connectivity index (χ0v) is 11.4. The second-order valence-corrected chi connectivity index (χ2v) is 4.73. The van der Waals surface area contributed by atoms with E-state index in [9.17, 15) is 9.59 Å². The zero-order valence-electron chi connectivity index (χ0n) is 11.4. The molecule has 0 aliphatic carbocycles. The van der Waals surface area contributed by atoms with E-state index in [4.69, 9.17) is 9.15 Å². The van der Waals surface area contributed by atoms with Gasteiger partial charge in [-0.05, 0) is 31.2 Å². The summed E-state index contributed by atoms with van der Waals surface area (Å²) < 4.78 is 10.9. The maximum Gasteiger partial charge on any atom is 0.338 e. The number of hydrogen-bond acceptors (Lipinski definition) is 4. The lowest BCUT2D eigenvalue weighted by molar-refractivity contribution is -0.129. The summed E-state index contributed by atoms with van der Waals surface area (Å²) in [5.41, 5.74) is 0.915. The van der Waals surface area contributed by atoms with Gasteiger partial charge in [-0.15, -0.1) is 0 Å². The fraction of sp³-hybridized carbons (Fsp3) is 0.0588. The van der Waals surface area contributed by atoms with E-state index in [1.807, 2.05) is 0 Å². The Morgan fingerprint density at radius 2 is 1.81 bits per heavy atom. The van der Waals surface area contributed by atoms with Crippen molar-refractivity contribution in [1.29, 1.82) is 0 Å². The van der Waals surface area contributed by atoms with E-state index in [1.54, 1.807) is 49.4 Å². The smallest absolute Gasteiger partial charge is 0.338 e. The molecular formula is C17H12O4. The number of benzene rings is 2. The van der Waals surface area contributed by atoms with Crippen LogP contribution in [-0.2, 0) is 4.79 Å². The first-order valence-electron chi connectivity index (χ1n) is 6.40. The Kier molecular flexibility index (Phi) is 3.06. The van der Waals surface area contributed by atoms with E-state index in [-0.39, 0.29) is 22.1 Å². The van der Waals surface area contributed by atoms with Gasteiger partial charge in [0.25, 0.3) is 0 Å². The Morgan fingerprint density at radius 1 is 1.10 bits per heavy atom. The summed E-state index contributed by atoms with van der Waals surface area (Å²) in [6, 6.07) is 11.9. The van der Waals surface area contributed by atoms with Crippen molar-refractivity contribution in [3.05, 3.63) is 64.8 Å². The van der Waals surface area contributed by atoms with Crippen molar-refractivity contribution in [2.75, 3.05) is 0 Å². The molecule has 4 heteroatoms. The molecule has 3 aromatic rings. The van der Waals surface area contributed by atoms with Crippen molar-refractivity contribution in [3.8, 4) is 5.75 Å². The van der Waals surface area contributed by atoms with E-state index < -0.39 is 5.97 Å². The van der Waals surface area contributed by atoms with Crippen LogP contribution in [0.25, 0.3) is 21.9 Å². The molecular weight excluding hydrogens is 268 g/mol. The molecule has 0 unspecified atom stereocenters. The summed E-state index contributed by atoms with van der Waals surface area (Å²) in [7, 11) is 0. The molecule has 0 amide bonds. The van der Waals surface area contributed by atoms with Gasteiger partial charge < -0.3 is 9.15 Å². The Bertz CT molecular complexity index is 934. The second kappa shape index (κ2) is 4.90. The van der Waals surface area contributed by atoms with Crippen molar-refractivity contribution in [1.82, 2.24) is 0 Å². The molecule has 0 aliphatic rings. The Balaban J connectivity index is 2.32. The predicted molar refractivity (Wildman–Crippen MR) is 80.4 cm³/mol. The summed E-state index contributed by atoms with van der Waals surface area (Å²) in [5.74, 6) is -0.393. The highest BCUT2D eigenvalue weighted by Gasteiger charge is 2.14. The molecule has 0 saturated heterocycles. The predicted octanol–water partition coefficient (Wildman–Crippen LogP) is 3.43. The van der Waals surface area contributed by atoms with Crippen molar-refractivity contribution in [3.63, 3.8) is 0 Å². The lowest BCUT2D eigenvalue weighted by Gasteiger charge is -2.07. The summed E-state index contributed by atoms with van der Waals surface area (Å²) in [6.45, 7) is 5.07. The Hall–Kier alpha value is -2.88. The Labute approximate surface area is 120 Å². The van der Waals surface area contributed by atoms with Gasteiger partial charge in [0.2, 0.25) is 5.43 Å². The molecule has 0 spiro atoms. The minimum atomic E-state index is -0.574. The van der Waals surface area contributed by atoms with E-state index in [1.165, 1.54) is 0 Å². The molecule has 0 aliphatic heterocycles. The highest BCUT2D eigenvalue weighted by atomic mass is 16.5. The van der Waals surface area contributed by atoms with Gasteiger partial charge >= 0.3 is 5.97 Å². The minimum Gasteiger partial charge on any atom is -0.456 e. The molecule has 2 aromatic carbocycles. The number of fused-ring (bicyclic) bond motifs is 2. The number of carbonyl (C=O) groups is 1. The standard InChI is InChI=1S/C17H12O4/c1-10(2)17(19)21-14-9-5-8-13-15(14)16(18)11-6-3-4-7-12(11)20-13/h3-9H,1H2,2H3. The van der Waals surface area contributed by atoms with E-state index in [2.05, 4.69) is 6.58 Å². The van der Waals surface area contributed by atoms with Crippen LogP contribution in [-0.4, -0.2) is 5.97 Å². The third-order valence-electron chi connectivity index (χ3n) is 3.12. The third-order valence-corrected chi connectivity index (χ3v) is 3.12.